The van der Waals surface area contributed by atoms with Gasteiger partial charge in [-0.15, -0.1) is 40.5 Å². The fourth-order valence-corrected chi connectivity index (χ4v) is 7.17. The van der Waals surface area contributed by atoms with Crippen LogP contribution in [-0.4, -0.2) is 15.9 Å². The molecule has 0 aliphatic carbocycles. The van der Waals surface area contributed by atoms with Crippen molar-refractivity contribution in [3.63, 3.8) is 0 Å². The average Bonchev–Trinajstić information content (AvgIpc) is 3.54. The van der Waals surface area contributed by atoms with Crippen molar-refractivity contribution in [3.8, 4) is 22.4 Å². The summed E-state index contributed by atoms with van der Waals surface area (Å²) in [6.45, 7) is 19.4. The van der Waals surface area contributed by atoms with E-state index in [1.165, 1.54) is 39.1 Å². The zero-order chi connectivity index (χ0) is 35.0. The second-order valence-electron chi connectivity index (χ2n) is 14.4. The molecule has 5 rings (SSSR count). The van der Waals surface area contributed by atoms with Gasteiger partial charge < -0.3 is 5.11 Å². The molecule has 2 aromatic heterocycles. The fourth-order valence-electron chi connectivity index (χ4n) is 6.39. The smallest absolute Gasteiger partial charge is 0.162 e. The molecule has 3 aromatic carbocycles. The molecule has 0 amide bonds. The molecule has 0 saturated carbocycles. The van der Waals surface area contributed by atoms with Crippen molar-refractivity contribution in [2.75, 3.05) is 0 Å². The number of aliphatic hydroxyl groups is 1. The number of aliphatic hydroxyl groups excluding tert-OH is 1. The number of ketones is 1. The topological polar surface area (TPSA) is 50.2 Å². The SMILES string of the molecule is CC(C)Cc1ccc(-c2cc(-c3[c-]c4ccccc4c(C(C)(C)C)c3)nc3sccc23)cc1.CCC(CC)C(=O)/C=C(\O)C(CC)CC.[Ir]. The summed E-state index contributed by atoms with van der Waals surface area (Å²) in [7, 11) is 0. The van der Waals surface area contributed by atoms with E-state index in [0.29, 0.717) is 5.92 Å². The molecule has 3 nitrogen and oxygen atoms in total. The van der Waals surface area contributed by atoms with E-state index in [0.717, 1.165) is 53.6 Å². The maximum atomic E-state index is 11.7. The van der Waals surface area contributed by atoms with Crippen molar-refractivity contribution < 1.29 is 30.0 Å². The molecular formula is C44H54IrNO2S-. The van der Waals surface area contributed by atoms with Crippen molar-refractivity contribution in [1.82, 2.24) is 4.98 Å². The van der Waals surface area contributed by atoms with Gasteiger partial charge in [-0.3, -0.25) is 9.78 Å². The molecule has 0 spiro atoms. The molecule has 0 aliphatic rings. The van der Waals surface area contributed by atoms with Crippen LogP contribution in [0.4, 0.5) is 0 Å². The third-order valence-electron chi connectivity index (χ3n) is 9.29. The molecule has 49 heavy (non-hydrogen) atoms. The maximum absolute atomic E-state index is 11.7. The summed E-state index contributed by atoms with van der Waals surface area (Å²) in [5.74, 6) is 1.21. The van der Waals surface area contributed by atoms with Gasteiger partial charge in [0.2, 0.25) is 0 Å². The molecule has 5 heteroatoms. The predicted octanol–water partition coefficient (Wildman–Crippen LogP) is 12.9. The first kappa shape index (κ1) is 40.3. The van der Waals surface area contributed by atoms with E-state index in [2.05, 4.69) is 113 Å². The van der Waals surface area contributed by atoms with Crippen LogP contribution in [0.25, 0.3) is 43.4 Å². The quantitative estimate of drug-likeness (QED) is 0.0818. The minimum Gasteiger partial charge on any atom is -0.512 e. The van der Waals surface area contributed by atoms with Crippen molar-refractivity contribution in [1.29, 1.82) is 0 Å². The second-order valence-corrected chi connectivity index (χ2v) is 15.3. The number of rotatable bonds is 11. The van der Waals surface area contributed by atoms with Crippen molar-refractivity contribution in [2.24, 2.45) is 17.8 Å². The molecule has 0 unspecified atom stereocenters. The second kappa shape index (κ2) is 18.2. The van der Waals surface area contributed by atoms with Gasteiger partial charge in [-0.05, 0) is 71.6 Å². The number of aromatic nitrogens is 1. The largest absolute Gasteiger partial charge is 0.512 e. The van der Waals surface area contributed by atoms with E-state index >= 15 is 0 Å². The summed E-state index contributed by atoms with van der Waals surface area (Å²) in [6.07, 6.45) is 6.01. The van der Waals surface area contributed by atoms with Gasteiger partial charge >= 0.3 is 0 Å². The Bertz CT molecular complexity index is 1840. The van der Waals surface area contributed by atoms with E-state index in [9.17, 15) is 9.90 Å². The predicted molar refractivity (Wildman–Crippen MR) is 208 cm³/mol. The van der Waals surface area contributed by atoms with Gasteiger partial charge in [-0.25, -0.2) is 0 Å². The average molecular weight is 853 g/mol. The Kier molecular flexibility index (Phi) is 15.0. The number of thiophene rings is 1. The Balaban J connectivity index is 0.000000347. The zero-order valence-electron chi connectivity index (χ0n) is 30.8. The molecule has 0 saturated heterocycles. The van der Waals surface area contributed by atoms with Gasteiger partial charge in [0.1, 0.15) is 4.83 Å². The maximum Gasteiger partial charge on any atom is 0.162 e. The molecule has 0 fully saturated rings. The molecule has 0 atom stereocenters. The van der Waals surface area contributed by atoms with Crippen LogP contribution < -0.4 is 0 Å². The van der Waals surface area contributed by atoms with Gasteiger partial charge in [0.15, 0.2) is 5.78 Å². The standard InChI is InChI=1S/C31H30NS.C13H24O2.Ir/c1-20(2)16-21-10-12-22(13-11-21)27-19-29(32-30-26(27)14-15-33-30)24-17-23-8-6-7-9-25(23)28(18-24)31(3,4)5;1-5-10(6-2)12(14)9-13(15)11(7-3)8-4;/h6-15,18-20H,16H2,1-5H3;9-11,14H,5-8H2,1-4H3;/q-1;;/b;12-9-;. The van der Waals surface area contributed by atoms with Gasteiger partial charge in [-0.2, -0.15) is 0 Å². The number of pyridine rings is 1. The zero-order valence-corrected chi connectivity index (χ0v) is 34.0. The van der Waals surface area contributed by atoms with Crippen LogP contribution in [-0.2, 0) is 36.7 Å². The monoisotopic (exact) mass is 853 g/mol. The van der Waals surface area contributed by atoms with Crippen LogP contribution in [0.3, 0.4) is 0 Å². The first-order chi connectivity index (χ1) is 22.9. The summed E-state index contributed by atoms with van der Waals surface area (Å²) in [5.41, 5.74) is 7.29. The van der Waals surface area contributed by atoms with Crippen molar-refractivity contribution in [3.05, 3.63) is 101 Å². The van der Waals surface area contributed by atoms with Crippen molar-refractivity contribution >= 4 is 38.1 Å². The first-order valence-corrected chi connectivity index (χ1v) is 18.7. The minimum absolute atomic E-state index is 0. The third kappa shape index (κ3) is 10.2. The summed E-state index contributed by atoms with van der Waals surface area (Å²) in [6, 6.07) is 28.0. The Morgan fingerprint density at radius 1 is 0.878 bits per heavy atom. The number of hydrogen-bond donors (Lipinski definition) is 1. The fraction of sp³-hybridized carbons (Fsp3) is 0.409. The Hall–Kier alpha value is -3.11. The summed E-state index contributed by atoms with van der Waals surface area (Å²) >= 11 is 1.70. The molecular weight excluding hydrogens is 799 g/mol. The van der Waals surface area contributed by atoms with Gasteiger partial charge in [0.05, 0.1) is 5.76 Å². The molecule has 0 aliphatic heterocycles. The Morgan fingerprint density at radius 2 is 1.51 bits per heavy atom. The molecule has 0 bridgehead atoms. The van der Waals surface area contributed by atoms with E-state index in [-0.39, 0.29) is 48.9 Å². The van der Waals surface area contributed by atoms with Crippen LogP contribution in [0.1, 0.15) is 99.1 Å². The molecule has 263 valence electrons. The first-order valence-electron chi connectivity index (χ1n) is 17.8. The molecule has 1 radical (unpaired) electrons. The number of benzene rings is 3. The van der Waals surface area contributed by atoms with Crippen LogP contribution in [0, 0.1) is 23.8 Å². The number of nitrogens with zero attached hydrogens (tertiary/aromatic N) is 1. The molecule has 1 N–H and O–H groups in total. The van der Waals surface area contributed by atoms with Crippen LogP contribution in [0.5, 0.6) is 0 Å². The van der Waals surface area contributed by atoms with E-state index in [4.69, 9.17) is 4.98 Å². The molecule has 2 heterocycles. The third-order valence-corrected chi connectivity index (χ3v) is 10.1. The van der Waals surface area contributed by atoms with Crippen LogP contribution in [0.15, 0.2) is 83.9 Å². The van der Waals surface area contributed by atoms with Crippen molar-refractivity contribution in [2.45, 2.75) is 99.8 Å². The van der Waals surface area contributed by atoms with Crippen LogP contribution in [0.2, 0.25) is 0 Å². The van der Waals surface area contributed by atoms with E-state index < -0.39 is 0 Å². The number of hydrogen-bond acceptors (Lipinski definition) is 4. The van der Waals surface area contributed by atoms with Gasteiger partial charge in [0, 0.05) is 49.1 Å². The number of carbonyl (C=O) groups is 1. The van der Waals surface area contributed by atoms with E-state index in [1.54, 1.807) is 11.3 Å². The Morgan fingerprint density at radius 3 is 2.10 bits per heavy atom. The summed E-state index contributed by atoms with van der Waals surface area (Å²) < 4.78 is 0. The number of carbonyl (C=O) groups excluding carboxylic acids is 1. The van der Waals surface area contributed by atoms with Gasteiger partial charge in [-0.1, -0.05) is 122 Å². The number of fused-ring (bicyclic) bond motifs is 2. The Labute approximate surface area is 312 Å². The van der Waals surface area contributed by atoms with E-state index in [1.807, 2.05) is 27.7 Å². The van der Waals surface area contributed by atoms with Crippen LogP contribution >= 0.6 is 11.3 Å². The minimum atomic E-state index is 0. The molecule has 5 aromatic rings. The van der Waals surface area contributed by atoms with Gasteiger partial charge in [0.25, 0.3) is 0 Å². The normalized spacial score (nSPS) is 12.0. The summed E-state index contributed by atoms with van der Waals surface area (Å²) in [4.78, 5) is 17.9. The number of allylic oxidation sites excluding steroid dienone is 2. The summed E-state index contributed by atoms with van der Waals surface area (Å²) in [5, 5.41) is 15.5.